The number of nitrogens with zero attached hydrogens (tertiary/aromatic N) is 2. The van der Waals surface area contributed by atoms with E-state index in [9.17, 15) is 4.79 Å². The number of hydrogen-bond donors (Lipinski definition) is 1. The molecule has 0 saturated carbocycles. The number of aromatic nitrogens is 1. The van der Waals surface area contributed by atoms with Crippen molar-refractivity contribution < 1.29 is 4.79 Å². The van der Waals surface area contributed by atoms with Gasteiger partial charge in [0.05, 0.1) is 10.6 Å². The molecule has 1 rings (SSSR count). The zero-order valence-electron chi connectivity index (χ0n) is 12.0. The number of rotatable bonds is 6. The van der Waals surface area contributed by atoms with Gasteiger partial charge < -0.3 is 10.2 Å². The molecule has 1 N–H and O–H groups in total. The molecule has 1 amide bonds. The average Bonchev–Trinajstić information content (AvgIpc) is 2.43. The van der Waals surface area contributed by atoms with Crippen LogP contribution in [0, 0.1) is 5.92 Å². The van der Waals surface area contributed by atoms with Crippen LogP contribution in [-0.4, -0.2) is 35.9 Å². The molecule has 0 saturated heterocycles. The predicted octanol–water partition coefficient (Wildman–Crippen LogP) is 3.28. The van der Waals surface area contributed by atoms with Crippen LogP contribution >= 0.6 is 11.6 Å². The minimum Gasteiger partial charge on any atom is -0.372 e. The van der Waals surface area contributed by atoms with Crippen molar-refractivity contribution in [1.82, 2.24) is 9.88 Å². The van der Waals surface area contributed by atoms with Gasteiger partial charge in [0.2, 0.25) is 0 Å². The first kappa shape index (κ1) is 15.8. The quantitative estimate of drug-likeness (QED) is 0.871. The molecule has 0 aliphatic heterocycles. The smallest absolute Gasteiger partial charge is 0.255 e. The van der Waals surface area contributed by atoms with Crippen molar-refractivity contribution in [2.75, 3.05) is 25.5 Å². The molecule has 0 fully saturated rings. The van der Waals surface area contributed by atoms with Gasteiger partial charge in [-0.3, -0.25) is 4.79 Å². The van der Waals surface area contributed by atoms with E-state index in [0.29, 0.717) is 28.9 Å². The summed E-state index contributed by atoms with van der Waals surface area (Å²) < 4.78 is 0. The van der Waals surface area contributed by atoms with Crippen LogP contribution in [0.2, 0.25) is 5.02 Å². The molecular formula is C14H22ClN3O. The highest BCUT2D eigenvalue weighted by atomic mass is 35.5. The molecule has 19 heavy (non-hydrogen) atoms. The summed E-state index contributed by atoms with van der Waals surface area (Å²) in [4.78, 5) is 18.4. The average molecular weight is 284 g/mol. The summed E-state index contributed by atoms with van der Waals surface area (Å²) in [5.74, 6) is 1.06. The van der Waals surface area contributed by atoms with Crippen LogP contribution in [0.1, 0.15) is 37.6 Å². The molecule has 1 unspecified atom stereocenters. The molecular weight excluding hydrogens is 262 g/mol. The summed E-state index contributed by atoms with van der Waals surface area (Å²) in [6.07, 6.45) is 2.63. The SMILES string of the molecule is CCC(C)CN(CC)C(=O)c1cnc(NC)c(Cl)c1. The van der Waals surface area contributed by atoms with Gasteiger partial charge in [-0.2, -0.15) is 0 Å². The summed E-state index contributed by atoms with van der Waals surface area (Å²) in [6.45, 7) is 7.71. The third kappa shape index (κ3) is 4.10. The van der Waals surface area contributed by atoms with Crippen molar-refractivity contribution in [3.8, 4) is 0 Å². The van der Waals surface area contributed by atoms with E-state index in [2.05, 4.69) is 24.1 Å². The summed E-state index contributed by atoms with van der Waals surface area (Å²) in [7, 11) is 1.75. The second-order valence-electron chi connectivity index (χ2n) is 4.66. The minimum absolute atomic E-state index is 0.0140. The highest BCUT2D eigenvalue weighted by Gasteiger charge is 2.17. The summed E-state index contributed by atoms with van der Waals surface area (Å²) >= 11 is 6.06. The topological polar surface area (TPSA) is 45.2 Å². The lowest BCUT2D eigenvalue weighted by Gasteiger charge is -2.24. The Bertz CT molecular complexity index is 437. The number of halogens is 1. The molecule has 0 radical (unpaired) electrons. The minimum atomic E-state index is -0.0140. The normalized spacial score (nSPS) is 12.1. The molecule has 4 nitrogen and oxygen atoms in total. The number of anilines is 1. The molecule has 5 heteroatoms. The van der Waals surface area contributed by atoms with Gasteiger partial charge in [-0.25, -0.2) is 4.98 Å². The van der Waals surface area contributed by atoms with Gasteiger partial charge in [0.15, 0.2) is 0 Å². The molecule has 1 atom stereocenters. The molecule has 0 bridgehead atoms. The van der Waals surface area contributed by atoms with Crippen LogP contribution in [0.5, 0.6) is 0 Å². The first-order valence-corrected chi connectivity index (χ1v) is 7.03. The Hall–Kier alpha value is -1.29. The number of amides is 1. The fourth-order valence-electron chi connectivity index (χ4n) is 1.78. The van der Waals surface area contributed by atoms with Crippen molar-refractivity contribution in [2.24, 2.45) is 5.92 Å². The molecule has 0 aliphatic rings. The van der Waals surface area contributed by atoms with Gasteiger partial charge in [-0.15, -0.1) is 0 Å². The Morgan fingerprint density at radius 2 is 2.21 bits per heavy atom. The van der Waals surface area contributed by atoms with E-state index >= 15 is 0 Å². The lowest BCUT2D eigenvalue weighted by molar-refractivity contribution is 0.0740. The Balaban J connectivity index is 2.88. The molecule has 1 aromatic rings. The van der Waals surface area contributed by atoms with Crippen LogP contribution in [0.4, 0.5) is 5.82 Å². The molecule has 0 aromatic carbocycles. The van der Waals surface area contributed by atoms with Crippen LogP contribution in [0.25, 0.3) is 0 Å². The third-order valence-corrected chi connectivity index (χ3v) is 3.51. The molecule has 1 aromatic heterocycles. The van der Waals surface area contributed by atoms with Crippen LogP contribution in [0.15, 0.2) is 12.3 Å². The maximum Gasteiger partial charge on any atom is 0.255 e. The zero-order valence-corrected chi connectivity index (χ0v) is 12.8. The number of nitrogens with one attached hydrogen (secondary N) is 1. The van der Waals surface area contributed by atoms with E-state index < -0.39 is 0 Å². The van der Waals surface area contributed by atoms with Gasteiger partial charge in [0.25, 0.3) is 5.91 Å². The van der Waals surface area contributed by atoms with Gasteiger partial charge in [-0.1, -0.05) is 31.9 Å². The van der Waals surface area contributed by atoms with Gasteiger partial charge in [0, 0.05) is 26.3 Å². The number of pyridine rings is 1. The van der Waals surface area contributed by atoms with E-state index in [4.69, 9.17) is 11.6 Å². The second kappa shape index (κ2) is 7.34. The van der Waals surface area contributed by atoms with E-state index in [-0.39, 0.29) is 5.91 Å². The predicted molar refractivity (Wildman–Crippen MR) is 79.8 cm³/mol. The first-order chi connectivity index (χ1) is 9.03. The Morgan fingerprint density at radius 3 is 2.68 bits per heavy atom. The summed E-state index contributed by atoms with van der Waals surface area (Å²) in [6, 6.07) is 1.67. The largest absolute Gasteiger partial charge is 0.372 e. The van der Waals surface area contributed by atoms with Gasteiger partial charge in [-0.05, 0) is 18.9 Å². The van der Waals surface area contributed by atoms with Crippen LogP contribution < -0.4 is 5.32 Å². The Kier molecular flexibility index (Phi) is 6.09. The Morgan fingerprint density at radius 1 is 1.53 bits per heavy atom. The van der Waals surface area contributed by atoms with Crippen molar-refractivity contribution >= 4 is 23.3 Å². The maximum absolute atomic E-state index is 12.4. The second-order valence-corrected chi connectivity index (χ2v) is 5.07. The van der Waals surface area contributed by atoms with Crippen molar-refractivity contribution in [3.63, 3.8) is 0 Å². The molecule has 0 spiro atoms. The Labute approximate surface area is 120 Å². The van der Waals surface area contributed by atoms with Crippen molar-refractivity contribution in [2.45, 2.75) is 27.2 Å². The van der Waals surface area contributed by atoms with Crippen molar-refractivity contribution in [1.29, 1.82) is 0 Å². The maximum atomic E-state index is 12.4. The number of carbonyl (C=O) groups excluding carboxylic acids is 1. The van der Waals surface area contributed by atoms with Gasteiger partial charge in [0.1, 0.15) is 5.82 Å². The molecule has 106 valence electrons. The molecule has 0 aliphatic carbocycles. The van der Waals surface area contributed by atoms with E-state index in [0.717, 1.165) is 13.0 Å². The number of carbonyl (C=O) groups is 1. The zero-order chi connectivity index (χ0) is 14.4. The lowest BCUT2D eigenvalue weighted by Crippen LogP contribution is -2.34. The number of hydrogen-bond acceptors (Lipinski definition) is 3. The van der Waals surface area contributed by atoms with E-state index in [1.807, 2.05) is 11.8 Å². The van der Waals surface area contributed by atoms with E-state index in [1.165, 1.54) is 0 Å². The van der Waals surface area contributed by atoms with E-state index in [1.54, 1.807) is 19.3 Å². The fourth-order valence-corrected chi connectivity index (χ4v) is 2.04. The first-order valence-electron chi connectivity index (χ1n) is 6.66. The summed E-state index contributed by atoms with van der Waals surface area (Å²) in [5.41, 5.74) is 0.536. The van der Waals surface area contributed by atoms with Crippen LogP contribution in [-0.2, 0) is 0 Å². The monoisotopic (exact) mass is 283 g/mol. The third-order valence-electron chi connectivity index (χ3n) is 3.22. The van der Waals surface area contributed by atoms with Gasteiger partial charge >= 0.3 is 0 Å². The molecule has 1 heterocycles. The summed E-state index contributed by atoms with van der Waals surface area (Å²) in [5, 5.41) is 3.34. The fraction of sp³-hybridized carbons (Fsp3) is 0.571. The highest BCUT2D eigenvalue weighted by Crippen LogP contribution is 2.20. The standard InChI is InChI=1S/C14H22ClN3O/c1-5-10(3)9-18(6-2)14(19)11-7-12(15)13(16-4)17-8-11/h7-8,10H,5-6,9H2,1-4H3,(H,16,17). The highest BCUT2D eigenvalue weighted by molar-refractivity contribution is 6.33. The lowest BCUT2D eigenvalue weighted by atomic mass is 10.1. The van der Waals surface area contributed by atoms with Crippen molar-refractivity contribution in [3.05, 3.63) is 22.8 Å². The van der Waals surface area contributed by atoms with Crippen LogP contribution in [0.3, 0.4) is 0 Å².